The molecule has 36 heavy (non-hydrogen) atoms. The number of para-hydroxylation sites is 3. The molecule has 0 saturated carbocycles. The molecule has 0 amide bonds. The van der Waals surface area contributed by atoms with Gasteiger partial charge in [0.05, 0.1) is 5.52 Å². The van der Waals surface area contributed by atoms with Crippen LogP contribution in [0.4, 0.5) is 0 Å². The summed E-state index contributed by atoms with van der Waals surface area (Å²) in [6.07, 6.45) is 3.48. The molecule has 6 nitrogen and oxygen atoms in total. The van der Waals surface area contributed by atoms with Gasteiger partial charge in [-0.25, -0.2) is 4.98 Å². The second-order valence-corrected chi connectivity index (χ2v) is 8.07. The van der Waals surface area contributed by atoms with Gasteiger partial charge in [-0.1, -0.05) is 42.0 Å². The molecule has 0 fully saturated rings. The Balaban J connectivity index is 0.00000240. The number of hydrogen-bond donors (Lipinski definition) is 0. The molecule has 6 aromatic rings. The Hall–Kier alpha value is -4.09. The van der Waals surface area contributed by atoms with E-state index < -0.39 is 7.12 Å². The Morgan fingerprint density at radius 2 is 1.44 bits per heavy atom. The zero-order chi connectivity index (χ0) is 23.2. The fourth-order valence-electron chi connectivity index (χ4n) is 4.35. The van der Waals surface area contributed by atoms with Gasteiger partial charge in [0.2, 0.25) is 0 Å². The monoisotopic (exact) mass is 648 g/mol. The van der Waals surface area contributed by atoms with Crippen LogP contribution in [-0.4, -0.2) is 21.7 Å². The van der Waals surface area contributed by atoms with Gasteiger partial charge in [0.15, 0.2) is 0 Å². The third kappa shape index (κ3) is 3.82. The van der Waals surface area contributed by atoms with Gasteiger partial charge in [-0.15, -0.1) is 12.1 Å². The van der Waals surface area contributed by atoms with Crippen LogP contribution in [0.5, 0.6) is 23.0 Å². The van der Waals surface area contributed by atoms with Gasteiger partial charge in [0.1, 0.15) is 17.1 Å². The Bertz CT molecular complexity index is 1640. The molecule has 0 spiro atoms. The molecule has 3 aromatic heterocycles. The summed E-state index contributed by atoms with van der Waals surface area (Å²) in [5, 5.41) is 2.17. The first-order chi connectivity index (χ1) is 17.3. The van der Waals surface area contributed by atoms with E-state index in [4.69, 9.17) is 14.0 Å². The second kappa shape index (κ2) is 9.17. The topological polar surface area (TPSA) is 58.4 Å². The molecule has 7 rings (SSSR count). The second-order valence-electron chi connectivity index (χ2n) is 8.07. The molecule has 0 bridgehead atoms. The van der Waals surface area contributed by atoms with Gasteiger partial charge >= 0.3 is 28.2 Å². The quantitative estimate of drug-likeness (QED) is 0.196. The molecular weight excluding hydrogens is 632 g/mol. The van der Waals surface area contributed by atoms with Gasteiger partial charge in [0.25, 0.3) is 0 Å². The molecule has 0 radical (unpaired) electrons. The summed E-state index contributed by atoms with van der Waals surface area (Å²) < 4.78 is 19.9. The number of benzene rings is 3. The molecule has 3 aromatic carbocycles. The molecule has 0 aliphatic carbocycles. The number of aromatic nitrogens is 3. The SMILES string of the molecule is [Pt+2].[c-]1c(Oc2[c-]c(-n3c4ccccc4c4cccnc43)ncc2)cccc1B1Oc2ccccc2O1. The summed E-state index contributed by atoms with van der Waals surface area (Å²) in [5.41, 5.74) is 2.56. The van der Waals surface area contributed by atoms with E-state index >= 15 is 0 Å². The molecule has 1 aliphatic rings. The van der Waals surface area contributed by atoms with Crippen LogP contribution >= 0.6 is 0 Å². The zero-order valence-corrected chi connectivity index (χ0v) is 21.0. The molecule has 8 heteroatoms. The average Bonchev–Trinajstić information content (AvgIpc) is 3.49. The molecule has 174 valence electrons. The van der Waals surface area contributed by atoms with Crippen molar-refractivity contribution < 1.29 is 35.1 Å². The van der Waals surface area contributed by atoms with Crippen molar-refractivity contribution in [2.75, 3.05) is 0 Å². The van der Waals surface area contributed by atoms with Crippen LogP contribution in [0.3, 0.4) is 0 Å². The molecule has 0 atom stereocenters. The fraction of sp³-hybridized carbons (Fsp3) is 0. The number of nitrogens with zero attached hydrogens (tertiary/aromatic N) is 3. The predicted molar refractivity (Wildman–Crippen MR) is 134 cm³/mol. The first kappa shape index (κ1) is 22.4. The maximum absolute atomic E-state index is 6.12. The van der Waals surface area contributed by atoms with E-state index in [9.17, 15) is 0 Å². The van der Waals surface area contributed by atoms with Gasteiger partial charge < -0.3 is 14.0 Å². The van der Waals surface area contributed by atoms with Crippen LogP contribution in [0.1, 0.15) is 0 Å². The van der Waals surface area contributed by atoms with E-state index in [1.54, 1.807) is 18.5 Å². The number of hydrogen-bond acceptors (Lipinski definition) is 5. The van der Waals surface area contributed by atoms with Gasteiger partial charge in [-0.3, -0.25) is 9.55 Å². The van der Waals surface area contributed by atoms with Crippen LogP contribution < -0.4 is 19.5 Å². The molecule has 0 saturated heterocycles. The molecular formula is C28H16BN3O3Pt. The van der Waals surface area contributed by atoms with Gasteiger partial charge in [0, 0.05) is 28.5 Å². The molecule has 4 heterocycles. The van der Waals surface area contributed by atoms with Crippen LogP contribution in [0.15, 0.2) is 97.3 Å². The summed E-state index contributed by atoms with van der Waals surface area (Å²) in [6.45, 7) is 0. The maximum Gasteiger partial charge on any atom is 2.00 e. The normalized spacial score (nSPS) is 12.1. The Labute approximate surface area is 221 Å². The standard InChI is InChI=1S/C28H16BN3O3.Pt/c1-2-11-24-22(9-1)23-10-6-15-31-28(23)32(24)27-18-21(14-16-30-27)33-20-8-5-7-19(17-20)29-34-25-12-3-4-13-26(25)35-29;/h1-16H;/q-2;+2. The van der Waals surface area contributed by atoms with E-state index in [0.29, 0.717) is 28.8 Å². The van der Waals surface area contributed by atoms with Crippen molar-refractivity contribution >= 4 is 34.5 Å². The Morgan fingerprint density at radius 1 is 0.694 bits per heavy atom. The number of ether oxygens (including phenoxy) is 1. The van der Waals surface area contributed by atoms with Crippen LogP contribution in [0.25, 0.3) is 27.8 Å². The smallest absolute Gasteiger partial charge is 0.521 e. The van der Waals surface area contributed by atoms with Crippen molar-refractivity contribution in [3.8, 4) is 28.8 Å². The molecule has 0 N–H and O–H groups in total. The van der Waals surface area contributed by atoms with Crippen molar-refractivity contribution in [1.82, 2.24) is 14.5 Å². The Kier molecular flexibility index (Phi) is 5.70. The first-order valence-corrected chi connectivity index (χ1v) is 11.2. The number of rotatable bonds is 4. The average molecular weight is 648 g/mol. The minimum Gasteiger partial charge on any atom is -0.521 e. The zero-order valence-electron chi connectivity index (χ0n) is 18.7. The summed E-state index contributed by atoms with van der Waals surface area (Å²) in [7, 11) is -0.573. The van der Waals surface area contributed by atoms with E-state index in [1.165, 1.54) is 0 Å². The maximum atomic E-state index is 6.12. The predicted octanol–water partition coefficient (Wildman–Crippen LogP) is 5.13. The van der Waals surface area contributed by atoms with Crippen LogP contribution in [0, 0.1) is 12.1 Å². The van der Waals surface area contributed by atoms with Crippen molar-refractivity contribution in [2.24, 2.45) is 0 Å². The number of pyridine rings is 2. The Morgan fingerprint density at radius 3 is 2.31 bits per heavy atom. The van der Waals surface area contributed by atoms with Crippen LogP contribution in [0.2, 0.25) is 0 Å². The van der Waals surface area contributed by atoms with E-state index in [1.807, 2.05) is 65.2 Å². The van der Waals surface area contributed by atoms with Gasteiger partial charge in [-0.05, 0) is 36.1 Å². The summed E-state index contributed by atoms with van der Waals surface area (Å²) in [4.78, 5) is 9.17. The summed E-state index contributed by atoms with van der Waals surface area (Å²) >= 11 is 0. The van der Waals surface area contributed by atoms with Gasteiger partial charge in [-0.2, -0.15) is 24.3 Å². The molecule has 1 aliphatic heterocycles. The van der Waals surface area contributed by atoms with Crippen molar-refractivity contribution in [3.63, 3.8) is 0 Å². The van der Waals surface area contributed by atoms with E-state index in [0.717, 1.165) is 27.4 Å². The minimum atomic E-state index is -0.573. The van der Waals surface area contributed by atoms with Crippen LogP contribution in [-0.2, 0) is 21.1 Å². The van der Waals surface area contributed by atoms with E-state index in [-0.39, 0.29) is 21.1 Å². The first-order valence-electron chi connectivity index (χ1n) is 11.2. The van der Waals surface area contributed by atoms with Crippen molar-refractivity contribution in [2.45, 2.75) is 0 Å². The minimum absolute atomic E-state index is 0. The fourth-order valence-corrected chi connectivity index (χ4v) is 4.35. The van der Waals surface area contributed by atoms with Crippen molar-refractivity contribution in [1.29, 1.82) is 0 Å². The van der Waals surface area contributed by atoms with Crippen molar-refractivity contribution in [3.05, 3.63) is 109 Å². The summed E-state index contributed by atoms with van der Waals surface area (Å²) in [5.74, 6) is 3.07. The number of fused-ring (bicyclic) bond motifs is 4. The third-order valence-corrected chi connectivity index (χ3v) is 5.89. The molecule has 0 unspecified atom stereocenters. The largest absolute Gasteiger partial charge is 2.00 e. The third-order valence-electron chi connectivity index (χ3n) is 5.89. The van der Waals surface area contributed by atoms with E-state index in [2.05, 4.69) is 40.3 Å². The summed E-state index contributed by atoms with van der Waals surface area (Å²) in [6, 6.07) is 33.7.